The van der Waals surface area contributed by atoms with Crippen molar-refractivity contribution in [3.63, 3.8) is 0 Å². The molecule has 3 fully saturated rings. The number of carbonyl (C=O) groups excluding carboxylic acids is 2. The Bertz CT molecular complexity index is 3780. The molecule has 0 spiro atoms. The van der Waals surface area contributed by atoms with Crippen LogP contribution in [-0.2, 0) is 19.1 Å². The maximum absolute atomic E-state index is 11.9. The van der Waals surface area contributed by atoms with E-state index >= 15 is 0 Å². The van der Waals surface area contributed by atoms with Crippen LogP contribution in [0.25, 0.3) is 33.4 Å². The van der Waals surface area contributed by atoms with Crippen LogP contribution < -0.4 is 38.4 Å². The summed E-state index contributed by atoms with van der Waals surface area (Å²) in [6.45, 7) is 15.3. The molecular weight excluding hydrogens is 1250 g/mol. The van der Waals surface area contributed by atoms with E-state index in [1.54, 1.807) is 13.8 Å². The normalized spacial score (nSPS) is 15.4. The topological polar surface area (TPSA) is 188 Å². The molecular formula is C76H83BrN6O11. The van der Waals surface area contributed by atoms with Gasteiger partial charge in [0.15, 0.2) is 6.61 Å². The number of aryl methyl sites for hydroxylation is 3. The first kappa shape index (κ1) is 68.7. The van der Waals surface area contributed by atoms with Crippen LogP contribution in [-0.4, -0.2) is 133 Å². The van der Waals surface area contributed by atoms with Gasteiger partial charge in [0, 0.05) is 75.7 Å². The first-order chi connectivity index (χ1) is 45.8. The summed E-state index contributed by atoms with van der Waals surface area (Å²) in [5, 5.41) is 20.0. The maximum atomic E-state index is 11.9. The van der Waals surface area contributed by atoms with Crippen LogP contribution >= 0.6 is 15.9 Å². The standard InChI is InChI=1S/C26H28N2O4.C24H26N2O3.C22H22N2O2.C4H7BrO2/c1-3-30-26(29)18-31-24-15-21(20-7-5-4-6-8-20)10-11-23(24)28-14-13-22(17-28)32-25-12-9-19(2)16-27-25;1-18-7-10-24(25-16-18)29-21-11-12-26(17-21)22-9-8-20(15-23(22)28-14-13-27)19-5-3-2-4-6-19;1-16-7-10-22(23-14-16)26-19-11-12-24(15-19)20-9-8-18(13-21(20)25)17-5-3-2-4-6-17;1-2-7-4(6)3-5/h4-12,15-16,22H,3,13-14,17-18H2,1-2H3;2-10,15-16,21,27H,11-14,17H2,1H3;2-10,13-14,19,25H,11-12,15H2,1H3;2-3H2,1H3/t22-;21-;19-;/m111./s1. The van der Waals surface area contributed by atoms with Crippen LogP contribution in [0, 0.1) is 20.8 Å². The second kappa shape index (κ2) is 35.4. The molecule has 3 aliphatic rings. The molecule has 18 heteroatoms. The molecule has 3 atom stereocenters. The summed E-state index contributed by atoms with van der Waals surface area (Å²) in [7, 11) is 0. The van der Waals surface area contributed by atoms with E-state index in [1.807, 2.05) is 161 Å². The monoisotopic (exact) mass is 1330 g/mol. The number of hydrogen-bond acceptors (Lipinski definition) is 17. The van der Waals surface area contributed by atoms with Crippen molar-refractivity contribution in [2.75, 3.05) is 92.3 Å². The molecule has 94 heavy (non-hydrogen) atoms. The largest absolute Gasteiger partial charge is 0.506 e. The van der Waals surface area contributed by atoms with Gasteiger partial charge in [-0.3, -0.25) is 4.79 Å². The number of phenolic OH excluding ortho intramolecular Hbond substituents is 1. The number of benzene rings is 6. The van der Waals surface area contributed by atoms with E-state index in [2.05, 4.69) is 111 Å². The Morgan fingerprint density at radius 1 is 0.468 bits per heavy atom. The minimum Gasteiger partial charge on any atom is -0.506 e. The van der Waals surface area contributed by atoms with Gasteiger partial charge >= 0.3 is 11.9 Å². The number of phenols is 1. The zero-order chi connectivity index (χ0) is 66.0. The van der Waals surface area contributed by atoms with Crippen molar-refractivity contribution >= 4 is 44.9 Å². The van der Waals surface area contributed by atoms with E-state index in [1.165, 1.54) is 0 Å². The molecule has 3 aromatic heterocycles. The number of halogens is 1. The highest BCUT2D eigenvalue weighted by Crippen LogP contribution is 2.39. The number of hydrogen-bond donors (Lipinski definition) is 2. The second-order valence-electron chi connectivity index (χ2n) is 22.7. The van der Waals surface area contributed by atoms with Gasteiger partial charge in [-0.15, -0.1) is 0 Å². The highest BCUT2D eigenvalue weighted by Gasteiger charge is 2.30. The Hall–Kier alpha value is -9.65. The number of esters is 2. The molecule has 0 unspecified atom stereocenters. The van der Waals surface area contributed by atoms with E-state index in [-0.39, 0.29) is 50.1 Å². The highest BCUT2D eigenvalue weighted by atomic mass is 79.9. The zero-order valence-corrected chi connectivity index (χ0v) is 55.6. The molecule has 0 saturated carbocycles. The molecule has 3 aliphatic heterocycles. The van der Waals surface area contributed by atoms with Gasteiger partial charge in [0.2, 0.25) is 17.6 Å². The lowest BCUT2D eigenvalue weighted by atomic mass is 10.0. The van der Waals surface area contributed by atoms with Crippen LogP contribution in [0.15, 0.2) is 201 Å². The van der Waals surface area contributed by atoms with Crippen molar-refractivity contribution < 1.29 is 53.0 Å². The molecule has 2 N–H and O–H groups in total. The molecule has 0 bridgehead atoms. The van der Waals surface area contributed by atoms with E-state index in [9.17, 15) is 19.8 Å². The number of nitrogens with zero attached hydrogens (tertiary/aromatic N) is 6. The number of aliphatic hydroxyl groups is 1. The van der Waals surface area contributed by atoms with Crippen molar-refractivity contribution in [3.05, 3.63) is 217 Å². The van der Waals surface area contributed by atoms with Gasteiger partial charge in [-0.1, -0.05) is 143 Å². The Balaban J connectivity index is 0.000000158. The Kier molecular flexibility index (Phi) is 25.9. The fourth-order valence-corrected chi connectivity index (χ4v) is 11.1. The SMILES string of the molecule is CCOC(=O)CBr.CCOC(=O)COc1cc(-c2ccccc2)ccc1N1CC[C@@H](Oc2ccc(C)cn2)C1.Cc1ccc(O[C@@H]2CCN(c3ccc(-c4ccccc4)cc3O)C2)nc1.Cc1ccc(O[C@@H]2CCN(c3ccc(-c4ccccc4)cc3OCCO)C2)nc1. The Labute approximate surface area is 560 Å². The fraction of sp³-hybridized carbons (Fsp3) is 0.303. The maximum Gasteiger partial charge on any atom is 0.344 e. The minimum absolute atomic E-state index is 0.0141. The van der Waals surface area contributed by atoms with Crippen molar-refractivity contribution in [1.29, 1.82) is 0 Å². The summed E-state index contributed by atoms with van der Waals surface area (Å²) in [5.74, 6) is 3.13. The van der Waals surface area contributed by atoms with Gasteiger partial charge in [0.25, 0.3) is 0 Å². The molecule has 0 radical (unpaired) electrons. The molecule has 0 amide bonds. The van der Waals surface area contributed by atoms with Crippen molar-refractivity contribution in [2.45, 2.75) is 72.2 Å². The first-order valence-electron chi connectivity index (χ1n) is 31.9. The molecule has 6 heterocycles. The highest BCUT2D eigenvalue weighted by molar-refractivity contribution is 9.09. The van der Waals surface area contributed by atoms with Gasteiger partial charge in [0.1, 0.15) is 47.5 Å². The zero-order valence-electron chi connectivity index (χ0n) is 54.0. The first-order valence-corrected chi connectivity index (χ1v) is 33.0. The number of rotatable bonds is 21. The smallest absolute Gasteiger partial charge is 0.344 e. The van der Waals surface area contributed by atoms with Gasteiger partial charge in [-0.05, 0) is 121 Å². The number of aromatic nitrogens is 3. The predicted octanol–water partition coefficient (Wildman–Crippen LogP) is 14.1. The second-order valence-corrected chi connectivity index (χ2v) is 23.3. The van der Waals surface area contributed by atoms with Crippen molar-refractivity contribution in [1.82, 2.24) is 15.0 Å². The number of pyridine rings is 3. The van der Waals surface area contributed by atoms with Crippen LogP contribution in [0.3, 0.4) is 0 Å². The summed E-state index contributed by atoms with van der Waals surface area (Å²) in [6, 6.07) is 60.4. The molecule has 9 aromatic rings. The van der Waals surface area contributed by atoms with E-state index in [4.69, 9.17) is 28.4 Å². The number of anilines is 3. The molecule has 6 aromatic carbocycles. The molecule has 17 nitrogen and oxygen atoms in total. The summed E-state index contributed by atoms with van der Waals surface area (Å²) >= 11 is 2.94. The number of ether oxygens (including phenoxy) is 7. The average molecular weight is 1340 g/mol. The van der Waals surface area contributed by atoms with Crippen molar-refractivity contribution in [2.24, 2.45) is 0 Å². The lowest BCUT2D eigenvalue weighted by Crippen LogP contribution is -2.25. The van der Waals surface area contributed by atoms with Crippen LogP contribution in [0.1, 0.15) is 49.8 Å². The van der Waals surface area contributed by atoms with Crippen molar-refractivity contribution in [3.8, 4) is 68.3 Å². The Morgan fingerprint density at radius 3 is 1.19 bits per heavy atom. The van der Waals surface area contributed by atoms with Crippen LogP contribution in [0.4, 0.5) is 17.1 Å². The summed E-state index contributed by atoms with van der Waals surface area (Å²) in [6.07, 6.45) is 8.38. The van der Waals surface area contributed by atoms with Crippen LogP contribution in [0.5, 0.6) is 34.9 Å². The molecule has 12 rings (SSSR count). The summed E-state index contributed by atoms with van der Waals surface area (Å²) in [4.78, 5) is 41.7. The summed E-state index contributed by atoms with van der Waals surface area (Å²) in [5.41, 5.74) is 12.6. The number of carbonyl (C=O) groups is 2. The van der Waals surface area contributed by atoms with E-state index in [0.717, 1.165) is 131 Å². The van der Waals surface area contributed by atoms with E-state index in [0.29, 0.717) is 47.7 Å². The van der Waals surface area contributed by atoms with Crippen LogP contribution in [0.2, 0.25) is 0 Å². The quantitative estimate of drug-likeness (QED) is 0.0510. The summed E-state index contributed by atoms with van der Waals surface area (Å²) < 4.78 is 39.5. The van der Waals surface area contributed by atoms with Gasteiger partial charge < -0.3 is 58.1 Å². The van der Waals surface area contributed by atoms with Gasteiger partial charge in [0.05, 0.1) is 56.5 Å². The van der Waals surface area contributed by atoms with Gasteiger partial charge in [-0.25, -0.2) is 19.7 Å². The third-order valence-corrected chi connectivity index (χ3v) is 16.1. The van der Waals surface area contributed by atoms with Gasteiger partial charge in [-0.2, -0.15) is 0 Å². The minimum atomic E-state index is -0.378. The average Bonchev–Trinajstić information content (AvgIpc) is 1.53. The fourth-order valence-electron chi connectivity index (χ4n) is 10.9. The Morgan fingerprint density at radius 2 is 0.840 bits per heavy atom. The number of alkyl halides is 1. The number of aromatic hydroxyl groups is 1. The molecule has 490 valence electrons. The van der Waals surface area contributed by atoms with E-state index < -0.39 is 0 Å². The number of aliphatic hydroxyl groups excluding tert-OH is 1. The lowest BCUT2D eigenvalue weighted by Gasteiger charge is -2.23. The predicted molar refractivity (Wildman–Crippen MR) is 373 cm³/mol. The third-order valence-electron chi connectivity index (χ3n) is 15.6. The lowest BCUT2D eigenvalue weighted by molar-refractivity contribution is -0.145. The molecule has 3 saturated heterocycles. The third kappa shape index (κ3) is 20.4. The molecule has 0 aliphatic carbocycles.